The zero-order chi connectivity index (χ0) is 20.4. The number of allylic oxidation sites excluding steroid dienone is 1. The highest BCUT2D eigenvalue weighted by molar-refractivity contribution is 6.05. The average Bonchev–Trinajstić information content (AvgIpc) is 3.26. The van der Waals surface area contributed by atoms with Crippen LogP contribution in [0, 0.1) is 34.5 Å². The Morgan fingerprint density at radius 1 is 1.21 bits per heavy atom. The number of aryl methyl sites for hydroxylation is 1. The first-order chi connectivity index (χ1) is 13.8. The van der Waals surface area contributed by atoms with Gasteiger partial charge >= 0.3 is 0 Å². The van der Waals surface area contributed by atoms with Crippen LogP contribution in [0.4, 0.5) is 0 Å². The fourth-order valence-corrected chi connectivity index (χ4v) is 7.86. The Morgan fingerprint density at radius 2 is 2.03 bits per heavy atom. The number of carbonyl (C=O) groups is 1. The molecule has 4 saturated carbocycles. The quantitative estimate of drug-likeness (QED) is 0.726. The standard InChI is InChI=1S/C25H36N2O2/c1-4-27-15-16(14-26-27)11-17-12-22-20-6-5-18-13-19(28)7-9-24(18,2)21(20)8-10-25(22,3)23(17)29/h11,14-15,18-22,28H,4-10,12-13H2,1-3H3/b17-11+. The number of carbonyl (C=O) groups excluding carboxylic acids is 1. The van der Waals surface area contributed by atoms with Gasteiger partial charge in [-0.15, -0.1) is 0 Å². The molecule has 29 heavy (non-hydrogen) atoms. The molecule has 0 radical (unpaired) electrons. The lowest BCUT2D eigenvalue weighted by molar-refractivity contribution is -0.141. The third-order valence-corrected chi connectivity index (χ3v) is 9.60. The van der Waals surface area contributed by atoms with Crippen molar-refractivity contribution < 1.29 is 9.90 Å². The maximum absolute atomic E-state index is 13.5. The Labute approximate surface area is 174 Å². The molecule has 1 aromatic heterocycles. The lowest BCUT2D eigenvalue weighted by atomic mass is 9.45. The first kappa shape index (κ1) is 19.5. The number of aliphatic hydroxyl groups excluding tert-OH is 1. The maximum atomic E-state index is 13.5. The second-order valence-electron chi connectivity index (χ2n) is 10.9. The minimum absolute atomic E-state index is 0.0925. The number of hydrogen-bond donors (Lipinski definition) is 1. The van der Waals surface area contributed by atoms with Gasteiger partial charge in [0.1, 0.15) is 0 Å². The monoisotopic (exact) mass is 396 g/mol. The minimum Gasteiger partial charge on any atom is -0.393 e. The summed E-state index contributed by atoms with van der Waals surface area (Å²) in [5, 5.41) is 14.6. The smallest absolute Gasteiger partial charge is 0.165 e. The molecule has 1 heterocycles. The van der Waals surface area contributed by atoms with Crippen molar-refractivity contribution in [1.82, 2.24) is 9.78 Å². The van der Waals surface area contributed by atoms with Crippen molar-refractivity contribution in [2.24, 2.45) is 34.5 Å². The zero-order valence-corrected chi connectivity index (χ0v) is 18.2. The lowest BCUT2D eigenvalue weighted by Gasteiger charge is -2.59. The van der Waals surface area contributed by atoms with Crippen molar-refractivity contribution in [3.05, 3.63) is 23.5 Å². The van der Waals surface area contributed by atoms with E-state index in [1.807, 2.05) is 17.1 Å². The lowest BCUT2D eigenvalue weighted by Crippen LogP contribution is -2.54. The van der Waals surface area contributed by atoms with Crippen molar-refractivity contribution in [1.29, 1.82) is 0 Å². The molecule has 0 aliphatic heterocycles. The van der Waals surface area contributed by atoms with E-state index in [4.69, 9.17) is 0 Å². The summed E-state index contributed by atoms with van der Waals surface area (Å²) in [6, 6.07) is 0. The van der Waals surface area contributed by atoms with Gasteiger partial charge in [-0.25, -0.2) is 0 Å². The maximum Gasteiger partial charge on any atom is 0.165 e. The third kappa shape index (κ3) is 2.89. The summed E-state index contributed by atoms with van der Waals surface area (Å²) in [6.45, 7) is 7.71. The highest BCUT2D eigenvalue weighted by Crippen LogP contribution is 2.66. The molecule has 7 unspecified atom stereocenters. The number of ketones is 1. The Kier molecular flexibility index (Phi) is 4.58. The summed E-state index contributed by atoms with van der Waals surface area (Å²) in [5.41, 5.74) is 2.28. The van der Waals surface area contributed by atoms with Crippen LogP contribution in [-0.4, -0.2) is 26.8 Å². The molecule has 1 N–H and O–H groups in total. The molecule has 5 rings (SSSR count). The van der Waals surface area contributed by atoms with Crippen molar-refractivity contribution in [3.8, 4) is 0 Å². The van der Waals surface area contributed by atoms with E-state index >= 15 is 0 Å². The molecule has 4 fully saturated rings. The molecule has 4 aliphatic rings. The van der Waals surface area contributed by atoms with Crippen molar-refractivity contribution >= 4 is 11.9 Å². The van der Waals surface area contributed by atoms with Gasteiger partial charge in [0.05, 0.1) is 12.3 Å². The summed E-state index contributed by atoms with van der Waals surface area (Å²) in [7, 11) is 0. The largest absolute Gasteiger partial charge is 0.393 e. The minimum atomic E-state index is -0.175. The van der Waals surface area contributed by atoms with Crippen molar-refractivity contribution in [2.75, 3.05) is 0 Å². The predicted molar refractivity (Wildman–Crippen MR) is 114 cm³/mol. The molecular formula is C25H36N2O2. The van der Waals surface area contributed by atoms with Crippen molar-refractivity contribution in [2.45, 2.75) is 84.8 Å². The molecule has 1 aromatic rings. The molecule has 0 bridgehead atoms. The zero-order valence-electron chi connectivity index (χ0n) is 18.2. The molecule has 0 amide bonds. The summed E-state index contributed by atoms with van der Waals surface area (Å²) < 4.78 is 1.93. The Bertz CT molecular complexity index is 842. The summed E-state index contributed by atoms with van der Waals surface area (Å²) in [6.07, 6.45) is 14.7. The number of fused-ring (bicyclic) bond motifs is 5. The highest BCUT2D eigenvalue weighted by Gasteiger charge is 2.61. The molecule has 0 aromatic carbocycles. The molecule has 4 aliphatic carbocycles. The van der Waals surface area contributed by atoms with Gasteiger partial charge in [0, 0.05) is 23.7 Å². The number of hydrogen-bond acceptors (Lipinski definition) is 3. The molecule has 4 heteroatoms. The second-order valence-corrected chi connectivity index (χ2v) is 10.9. The molecule has 0 spiro atoms. The van der Waals surface area contributed by atoms with E-state index in [1.54, 1.807) is 0 Å². The van der Waals surface area contributed by atoms with Gasteiger partial charge in [-0.05, 0) is 99.0 Å². The van der Waals surface area contributed by atoms with Crippen molar-refractivity contribution in [3.63, 3.8) is 0 Å². The van der Waals surface area contributed by atoms with Gasteiger partial charge < -0.3 is 5.11 Å². The molecule has 0 saturated heterocycles. The van der Waals surface area contributed by atoms with Crippen LogP contribution in [0.3, 0.4) is 0 Å². The van der Waals surface area contributed by atoms with Gasteiger partial charge in [0.15, 0.2) is 5.78 Å². The van der Waals surface area contributed by atoms with Gasteiger partial charge in [0.25, 0.3) is 0 Å². The van der Waals surface area contributed by atoms with Gasteiger partial charge in [-0.2, -0.15) is 5.10 Å². The van der Waals surface area contributed by atoms with Crippen LogP contribution < -0.4 is 0 Å². The van der Waals surface area contributed by atoms with E-state index in [1.165, 1.54) is 19.3 Å². The van der Waals surface area contributed by atoms with Gasteiger partial charge in [-0.3, -0.25) is 9.48 Å². The Balaban J connectivity index is 1.43. The highest BCUT2D eigenvalue weighted by atomic mass is 16.3. The van der Waals surface area contributed by atoms with E-state index < -0.39 is 0 Å². The van der Waals surface area contributed by atoms with E-state index in [0.717, 1.165) is 55.7 Å². The van der Waals surface area contributed by atoms with Crippen LogP contribution in [0.15, 0.2) is 18.0 Å². The van der Waals surface area contributed by atoms with Crippen LogP contribution in [0.1, 0.15) is 77.7 Å². The number of aromatic nitrogens is 2. The summed E-state index contributed by atoms with van der Waals surface area (Å²) in [4.78, 5) is 13.5. The first-order valence-corrected chi connectivity index (χ1v) is 11.8. The Hall–Kier alpha value is -1.42. The second kappa shape index (κ2) is 6.80. The molecular weight excluding hydrogens is 360 g/mol. The summed E-state index contributed by atoms with van der Waals surface area (Å²) in [5.74, 6) is 2.95. The molecule has 4 nitrogen and oxygen atoms in total. The van der Waals surface area contributed by atoms with E-state index in [9.17, 15) is 9.90 Å². The topological polar surface area (TPSA) is 55.1 Å². The van der Waals surface area contributed by atoms with E-state index in [-0.39, 0.29) is 11.5 Å². The van der Waals surface area contributed by atoms with E-state index in [0.29, 0.717) is 29.0 Å². The number of aliphatic hydroxyl groups is 1. The fourth-order valence-electron chi connectivity index (χ4n) is 7.86. The summed E-state index contributed by atoms with van der Waals surface area (Å²) >= 11 is 0. The van der Waals surface area contributed by atoms with Crippen LogP contribution in [0.5, 0.6) is 0 Å². The first-order valence-electron chi connectivity index (χ1n) is 11.8. The van der Waals surface area contributed by atoms with Crippen LogP contribution in [0.25, 0.3) is 6.08 Å². The van der Waals surface area contributed by atoms with Gasteiger partial charge in [-0.1, -0.05) is 13.8 Å². The Morgan fingerprint density at radius 3 is 2.79 bits per heavy atom. The predicted octanol–water partition coefficient (Wildman–Crippen LogP) is 4.87. The third-order valence-electron chi connectivity index (χ3n) is 9.60. The molecule has 158 valence electrons. The number of Topliss-reactive ketones (excluding diaryl/α,β-unsaturated/α-hetero) is 1. The van der Waals surface area contributed by atoms with E-state index in [2.05, 4.69) is 31.9 Å². The number of nitrogens with zero attached hydrogens (tertiary/aromatic N) is 2. The molecule has 7 atom stereocenters. The number of rotatable bonds is 2. The average molecular weight is 397 g/mol. The van der Waals surface area contributed by atoms with Gasteiger partial charge in [0.2, 0.25) is 0 Å². The normalized spacial score (nSPS) is 45.7. The van der Waals surface area contributed by atoms with Crippen LogP contribution in [-0.2, 0) is 11.3 Å². The SMILES string of the molecule is CCn1cc(/C=C2\CC3C4CCC5CC(O)CCC5(C)C4CCC3(C)C2=O)cn1. The van der Waals surface area contributed by atoms with Crippen LogP contribution in [0.2, 0.25) is 0 Å². The fraction of sp³-hybridized carbons (Fsp3) is 0.760. The van der Waals surface area contributed by atoms with Crippen LogP contribution >= 0.6 is 0 Å².